The highest BCUT2D eigenvalue weighted by atomic mass is 19.1. The number of aryl methyl sites for hydroxylation is 1. The third kappa shape index (κ3) is 2.95. The summed E-state index contributed by atoms with van der Waals surface area (Å²) in [6.45, 7) is 3.48. The molecule has 0 unspecified atom stereocenters. The molecule has 2 N–H and O–H groups in total. The highest BCUT2D eigenvalue weighted by Crippen LogP contribution is 2.20. The highest BCUT2D eigenvalue weighted by molar-refractivity contribution is 6.04. The first kappa shape index (κ1) is 13.8. The van der Waals surface area contributed by atoms with E-state index in [0.717, 1.165) is 25.2 Å². The second-order valence-electron chi connectivity index (χ2n) is 5.33. The van der Waals surface area contributed by atoms with E-state index in [1.165, 1.54) is 17.2 Å². The molecule has 4 heteroatoms. The van der Waals surface area contributed by atoms with Crippen LogP contribution in [0.2, 0.25) is 0 Å². The normalized spacial score (nSPS) is 13.6. The van der Waals surface area contributed by atoms with E-state index >= 15 is 0 Å². The van der Waals surface area contributed by atoms with Crippen molar-refractivity contribution in [2.24, 2.45) is 0 Å². The van der Waals surface area contributed by atoms with Gasteiger partial charge in [-0.25, -0.2) is 4.39 Å². The average Bonchev–Trinajstić information content (AvgIpc) is 2.50. The van der Waals surface area contributed by atoms with Gasteiger partial charge in [0.2, 0.25) is 0 Å². The first-order valence-corrected chi connectivity index (χ1v) is 7.03. The van der Waals surface area contributed by atoms with Crippen LogP contribution in [-0.2, 0) is 13.0 Å². The van der Waals surface area contributed by atoms with Crippen LogP contribution >= 0.6 is 0 Å². The Kier molecular flexibility index (Phi) is 3.71. The summed E-state index contributed by atoms with van der Waals surface area (Å²) in [5, 5.41) is 6.13. The van der Waals surface area contributed by atoms with E-state index in [9.17, 15) is 9.18 Å². The Morgan fingerprint density at radius 2 is 2.05 bits per heavy atom. The molecule has 0 saturated carbocycles. The van der Waals surface area contributed by atoms with Crippen LogP contribution in [0.25, 0.3) is 0 Å². The number of amides is 1. The van der Waals surface area contributed by atoms with Crippen molar-refractivity contribution in [3.05, 3.63) is 64.5 Å². The van der Waals surface area contributed by atoms with Gasteiger partial charge in [0, 0.05) is 17.8 Å². The van der Waals surface area contributed by atoms with E-state index < -0.39 is 0 Å². The molecule has 1 aliphatic rings. The maximum Gasteiger partial charge on any atom is 0.255 e. The van der Waals surface area contributed by atoms with Gasteiger partial charge in [-0.05, 0) is 60.8 Å². The summed E-state index contributed by atoms with van der Waals surface area (Å²) in [7, 11) is 0. The van der Waals surface area contributed by atoms with Crippen LogP contribution in [0.4, 0.5) is 10.1 Å². The van der Waals surface area contributed by atoms with Crippen molar-refractivity contribution in [3.8, 4) is 0 Å². The van der Waals surface area contributed by atoms with E-state index in [1.807, 2.05) is 18.2 Å². The molecule has 0 bridgehead atoms. The molecule has 0 aromatic heterocycles. The number of nitrogens with one attached hydrogen (secondary N) is 2. The molecule has 0 radical (unpaired) electrons. The molecule has 0 saturated heterocycles. The molecule has 0 fully saturated rings. The fourth-order valence-electron chi connectivity index (χ4n) is 2.50. The smallest absolute Gasteiger partial charge is 0.255 e. The number of hydrogen-bond donors (Lipinski definition) is 2. The van der Waals surface area contributed by atoms with Crippen LogP contribution in [0.3, 0.4) is 0 Å². The molecule has 108 valence electrons. The maximum atomic E-state index is 13.5. The summed E-state index contributed by atoms with van der Waals surface area (Å²) in [5.74, 6) is -0.657. The number of carbonyl (C=O) groups excluding carboxylic acids is 1. The van der Waals surface area contributed by atoms with Crippen LogP contribution < -0.4 is 10.6 Å². The van der Waals surface area contributed by atoms with Crippen LogP contribution in [0, 0.1) is 12.7 Å². The summed E-state index contributed by atoms with van der Waals surface area (Å²) in [6.07, 6.45) is 1.01. The van der Waals surface area contributed by atoms with E-state index in [-0.39, 0.29) is 11.7 Å². The fourth-order valence-corrected chi connectivity index (χ4v) is 2.50. The lowest BCUT2D eigenvalue weighted by Crippen LogP contribution is -2.23. The molecule has 21 heavy (non-hydrogen) atoms. The van der Waals surface area contributed by atoms with Gasteiger partial charge in [0.05, 0.1) is 0 Å². The zero-order valence-electron chi connectivity index (χ0n) is 11.9. The number of carbonyl (C=O) groups is 1. The third-order valence-electron chi connectivity index (χ3n) is 3.78. The summed E-state index contributed by atoms with van der Waals surface area (Å²) < 4.78 is 13.5. The van der Waals surface area contributed by atoms with Crippen LogP contribution in [-0.4, -0.2) is 12.5 Å². The summed E-state index contributed by atoms with van der Waals surface area (Å²) in [5.41, 5.74) is 4.12. The highest BCUT2D eigenvalue weighted by Gasteiger charge is 2.12. The quantitative estimate of drug-likeness (QED) is 0.890. The standard InChI is InChI=1S/C17H17FN2O/c1-11-2-3-13(9-16(11)18)17(21)20-15-5-4-12-6-7-19-10-14(12)8-15/h2-5,8-9,19H,6-7,10H2,1H3,(H,20,21). The van der Waals surface area contributed by atoms with Gasteiger partial charge < -0.3 is 10.6 Å². The first-order chi connectivity index (χ1) is 10.1. The molecule has 1 heterocycles. The van der Waals surface area contributed by atoms with Crippen molar-refractivity contribution in [1.82, 2.24) is 5.32 Å². The molecule has 0 spiro atoms. The number of hydrogen-bond acceptors (Lipinski definition) is 2. The predicted octanol–water partition coefficient (Wildman–Crippen LogP) is 3.03. The van der Waals surface area contributed by atoms with Crippen LogP contribution in [0.5, 0.6) is 0 Å². The number of anilines is 1. The van der Waals surface area contributed by atoms with Crippen molar-refractivity contribution in [1.29, 1.82) is 0 Å². The van der Waals surface area contributed by atoms with Gasteiger partial charge in [-0.15, -0.1) is 0 Å². The Morgan fingerprint density at radius 3 is 2.86 bits per heavy atom. The second kappa shape index (κ2) is 5.66. The molecule has 2 aromatic carbocycles. The van der Waals surface area contributed by atoms with Gasteiger partial charge in [0.15, 0.2) is 0 Å². The Hall–Kier alpha value is -2.20. The van der Waals surface area contributed by atoms with Gasteiger partial charge in [-0.2, -0.15) is 0 Å². The van der Waals surface area contributed by atoms with Crippen molar-refractivity contribution in [3.63, 3.8) is 0 Å². The molecular formula is C17H17FN2O. The number of benzene rings is 2. The van der Waals surface area contributed by atoms with Gasteiger partial charge >= 0.3 is 0 Å². The number of halogens is 1. The number of fused-ring (bicyclic) bond motifs is 1. The van der Waals surface area contributed by atoms with Gasteiger partial charge in [0.1, 0.15) is 5.82 Å². The SMILES string of the molecule is Cc1ccc(C(=O)Nc2ccc3c(c2)CNCC3)cc1F. The van der Waals surface area contributed by atoms with Crippen molar-refractivity contribution < 1.29 is 9.18 Å². The monoisotopic (exact) mass is 284 g/mol. The zero-order valence-corrected chi connectivity index (χ0v) is 11.9. The Labute approximate surface area is 123 Å². The second-order valence-corrected chi connectivity index (χ2v) is 5.33. The lowest BCUT2D eigenvalue weighted by molar-refractivity contribution is 0.102. The molecule has 0 atom stereocenters. The van der Waals surface area contributed by atoms with E-state index in [1.54, 1.807) is 19.1 Å². The molecule has 1 amide bonds. The maximum absolute atomic E-state index is 13.5. The lowest BCUT2D eigenvalue weighted by atomic mass is 10.0. The van der Waals surface area contributed by atoms with E-state index in [2.05, 4.69) is 10.6 Å². The Morgan fingerprint density at radius 1 is 1.19 bits per heavy atom. The van der Waals surface area contributed by atoms with Crippen molar-refractivity contribution >= 4 is 11.6 Å². The minimum atomic E-state index is -0.364. The molecule has 2 aromatic rings. The van der Waals surface area contributed by atoms with Gasteiger partial charge in [0.25, 0.3) is 5.91 Å². The van der Waals surface area contributed by atoms with E-state index in [0.29, 0.717) is 11.1 Å². The zero-order chi connectivity index (χ0) is 14.8. The molecule has 3 rings (SSSR count). The third-order valence-corrected chi connectivity index (χ3v) is 3.78. The van der Waals surface area contributed by atoms with Crippen molar-refractivity contribution in [2.75, 3.05) is 11.9 Å². The topological polar surface area (TPSA) is 41.1 Å². The average molecular weight is 284 g/mol. The lowest BCUT2D eigenvalue weighted by Gasteiger charge is -2.18. The van der Waals surface area contributed by atoms with Crippen LogP contribution in [0.15, 0.2) is 36.4 Å². The molecule has 0 aliphatic carbocycles. The Bertz CT molecular complexity index is 697. The minimum absolute atomic E-state index is 0.294. The largest absolute Gasteiger partial charge is 0.322 e. The molecule has 3 nitrogen and oxygen atoms in total. The van der Waals surface area contributed by atoms with Crippen molar-refractivity contribution in [2.45, 2.75) is 19.9 Å². The fraction of sp³-hybridized carbons (Fsp3) is 0.235. The van der Waals surface area contributed by atoms with Crippen LogP contribution in [0.1, 0.15) is 27.0 Å². The Balaban J connectivity index is 1.79. The summed E-state index contributed by atoms with van der Waals surface area (Å²) in [4.78, 5) is 12.2. The number of rotatable bonds is 2. The molecular weight excluding hydrogens is 267 g/mol. The predicted molar refractivity (Wildman–Crippen MR) is 80.9 cm³/mol. The minimum Gasteiger partial charge on any atom is -0.322 e. The van der Waals surface area contributed by atoms with Gasteiger partial charge in [-0.3, -0.25) is 4.79 Å². The summed E-state index contributed by atoms with van der Waals surface area (Å²) in [6, 6.07) is 10.4. The summed E-state index contributed by atoms with van der Waals surface area (Å²) >= 11 is 0. The van der Waals surface area contributed by atoms with Gasteiger partial charge in [-0.1, -0.05) is 12.1 Å². The first-order valence-electron chi connectivity index (χ1n) is 7.03. The van der Waals surface area contributed by atoms with E-state index in [4.69, 9.17) is 0 Å². The molecule has 1 aliphatic heterocycles.